The predicted molar refractivity (Wildman–Crippen MR) is 87.2 cm³/mol. The first-order chi connectivity index (χ1) is 9.60. The van der Waals surface area contributed by atoms with Crippen LogP contribution in [-0.4, -0.2) is 53.8 Å². The summed E-state index contributed by atoms with van der Waals surface area (Å²) in [4.78, 5) is 16.8. The molecule has 0 bridgehead atoms. The number of carbonyl (C=O) groups excluding carboxylic acids is 1. The molecule has 0 saturated carbocycles. The van der Waals surface area contributed by atoms with Crippen LogP contribution < -0.4 is 0 Å². The van der Waals surface area contributed by atoms with Gasteiger partial charge in [-0.1, -0.05) is 39.1 Å². The largest absolute Gasteiger partial charge is 0.337 e. The fourth-order valence-electron chi connectivity index (χ4n) is 2.38. The normalized spacial score (nSPS) is 17.1. The fraction of sp³-hybridized carbons (Fsp3) is 0.500. The third-order valence-corrected chi connectivity index (χ3v) is 4.18. The summed E-state index contributed by atoms with van der Waals surface area (Å²) >= 11 is 15.4. The first-order valence-corrected chi connectivity index (χ1v) is 8.51. The van der Waals surface area contributed by atoms with E-state index in [0.29, 0.717) is 15.6 Å². The van der Waals surface area contributed by atoms with Crippen LogP contribution in [0.5, 0.6) is 0 Å². The molecule has 6 heteroatoms. The van der Waals surface area contributed by atoms with Gasteiger partial charge in [0.25, 0.3) is 5.91 Å². The van der Waals surface area contributed by atoms with E-state index in [9.17, 15) is 4.79 Å². The molecule has 20 heavy (non-hydrogen) atoms. The molecule has 0 N–H and O–H groups in total. The van der Waals surface area contributed by atoms with Crippen LogP contribution >= 0.6 is 39.1 Å². The van der Waals surface area contributed by atoms with Gasteiger partial charge >= 0.3 is 0 Å². The smallest absolute Gasteiger partial charge is 0.254 e. The highest BCUT2D eigenvalue weighted by molar-refractivity contribution is 9.09. The molecule has 2 rings (SSSR count). The minimum absolute atomic E-state index is 0.00934. The lowest BCUT2D eigenvalue weighted by molar-refractivity contribution is 0.0762. The summed E-state index contributed by atoms with van der Waals surface area (Å²) in [6, 6.07) is 4.99. The SMILES string of the molecule is O=C(c1cc(Cl)cc(Cl)c1)N1CCCN(CCBr)CC1. The zero-order valence-electron chi connectivity index (χ0n) is 11.1. The van der Waals surface area contributed by atoms with E-state index in [1.54, 1.807) is 18.2 Å². The summed E-state index contributed by atoms with van der Waals surface area (Å²) in [5.41, 5.74) is 0.566. The first kappa shape index (κ1) is 16.1. The Bertz CT molecular complexity index is 464. The maximum Gasteiger partial charge on any atom is 0.254 e. The molecule has 0 atom stereocenters. The molecule has 1 aromatic rings. The Morgan fingerprint density at radius 3 is 2.45 bits per heavy atom. The van der Waals surface area contributed by atoms with Crippen molar-refractivity contribution in [2.45, 2.75) is 6.42 Å². The van der Waals surface area contributed by atoms with Crippen molar-refractivity contribution >= 4 is 45.0 Å². The summed E-state index contributed by atoms with van der Waals surface area (Å²) in [6.07, 6.45) is 0.993. The van der Waals surface area contributed by atoms with E-state index in [4.69, 9.17) is 23.2 Å². The van der Waals surface area contributed by atoms with Crippen molar-refractivity contribution in [3.8, 4) is 0 Å². The van der Waals surface area contributed by atoms with Crippen LogP contribution in [0.2, 0.25) is 10.0 Å². The van der Waals surface area contributed by atoms with E-state index in [0.717, 1.165) is 44.5 Å². The highest BCUT2D eigenvalue weighted by Gasteiger charge is 2.20. The van der Waals surface area contributed by atoms with Crippen LogP contribution in [0, 0.1) is 0 Å². The summed E-state index contributed by atoms with van der Waals surface area (Å²) in [7, 11) is 0. The maximum absolute atomic E-state index is 12.5. The number of hydrogen-bond acceptors (Lipinski definition) is 2. The number of carbonyl (C=O) groups is 1. The predicted octanol–water partition coefficient (Wildman–Crippen LogP) is 3.54. The number of halogens is 3. The second-order valence-corrected chi connectivity index (χ2v) is 6.50. The Labute approximate surface area is 138 Å². The van der Waals surface area contributed by atoms with E-state index in [1.807, 2.05) is 4.90 Å². The van der Waals surface area contributed by atoms with Gasteiger partial charge in [-0.15, -0.1) is 0 Å². The highest BCUT2D eigenvalue weighted by Crippen LogP contribution is 2.20. The summed E-state index contributed by atoms with van der Waals surface area (Å²) in [5.74, 6) is 0.00934. The molecule has 0 spiro atoms. The maximum atomic E-state index is 12.5. The lowest BCUT2D eigenvalue weighted by Crippen LogP contribution is -2.35. The standard InChI is InChI=1S/C14H17BrCl2N2O/c15-2-5-18-3-1-4-19(7-6-18)14(20)11-8-12(16)10-13(17)9-11/h8-10H,1-7H2. The second-order valence-electron chi connectivity index (χ2n) is 4.83. The van der Waals surface area contributed by atoms with Crippen molar-refractivity contribution in [1.82, 2.24) is 9.80 Å². The molecule has 1 fully saturated rings. The molecule has 110 valence electrons. The molecular formula is C14H17BrCl2N2O. The molecule has 3 nitrogen and oxygen atoms in total. The summed E-state index contributed by atoms with van der Waals surface area (Å²) in [5, 5.41) is 1.96. The van der Waals surface area contributed by atoms with Gasteiger partial charge in [-0.05, 0) is 31.2 Å². The van der Waals surface area contributed by atoms with Crippen molar-refractivity contribution in [1.29, 1.82) is 0 Å². The molecule has 0 aromatic heterocycles. The van der Waals surface area contributed by atoms with Gasteiger partial charge in [0.15, 0.2) is 0 Å². The quantitative estimate of drug-likeness (QED) is 0.750. The Morgan fingerprint density at radius 2 is 1.80 bits per heavy atom. The number of amides is 1. The van der Waals surface area contributed by atoms with Gasteiger partial charge in [-0.3, -0.25) is 4.79 Å². The molecule has 0 unspecified atom stereocenters. The van der Waals surface area contributed by atoms with Crippen LogP contribution in [0.25, 0.3) is 0 Å². The third kappa shape index (κ3) is 4.35. The highest BCUT2D eigenvalue weighted by atomic mass is 79.9. The molecule has 0 radical (unpaired) electrons. The Kier molecular flexibility index (Phi) is 6.15. The number of hydrogen-bond donors (Lipinski definition) is 0. The Morgan fingerprint density at radius 1 is 1.10 bits per heavy atom. The van der Waals surface area contributed by atoms with E-state index in [-0.39, 0.29) is 5.91 Å². The van der Waals surface area contributed by atoms with Crippen LogP contribution in [0.3, 0.4) is 0 Å². The van der Waals surface area contributed by atoms with Gasteiger partial charge in [0.05, 0.1) is 0 Å². The minimum Gasteiger partial charge on any atom is -0.337 e. The molecule has 1 heterocycles. The summed E-state index contributed by atoms with van der Waals surface area (Å²) in [6.45, 7) is 4.49. The van der Waals surface area contributed by atoms with E-state index in [1.165, 1.54) is 0 Å². The topological polar surface area (TPSA) is 23.6 Å². The summed E-state index contributed by atoms with van der Waals surface area (Å²) < 4.78 is 0. The minimum atomic E-state index is 0.00934. The molecular weight excluding hydrogens is 363 g/mol. The van der Waals surface area contributed by atoms with Gasteiger partial charge in [-0.2, -0.15) is 0 Å². The lowest BCUT2D eigenvalue weighted by Gasteiger charge is -2.21. The zero-order valence-corrected chi connectivity index (χ0v) is 14.2. The van der Waals surface area contributed by atoms with Crippen LogP contribution in [-0.2, 0) is 0 Å². The fourth-order valence-corrected chi connectivity index (χ4v) is 3.40. The average Bonchev–Trinajstić information content (AvgIpc) is 2.63. The monoisotopic (exact) mass is 378 g/mol. The van der Waals surface area contributed by atoms with E-state index in [2.05, 4.69) is 20.8 Å². The molecule has 1 aliphatic heterocycles. The first-order valence-electron chi connectivity index (χ1n) is 6.64. The van der Waals surface area contributed by atoms with Crippen molar-refractivity contribution < 1.29 is 4.79 Å². The average molecular weight is 380 g/mol. The zero-order chi connectivity index (χ0) is 14.5. The van der Waals surface area contributed by atoms with Gasteiger partial charge in [0, 0.05) is 47.1 Å². The van der Waals surface area contributed by atoms with Crippen molar-refractivity contribution in [3.63, 3.8) is 0 Å². The molecule has 0 aliphatic carbocycles. The molecule has 1 aliphatic rings. The van der Waals surface area contributed by atoms with Crippen LogP contribution in [0.4, 0.5) is 0 Å². The van der Waals surface area contributed by atoms with Gasteiger partial charge in [0.1, 0.15) is 0 Å². The number of rotatable bonds is 3. The van der Waals surface area contributed by atoms with Crippen LogP contribution in [0.1, 0.15) is 16.8 Å². The van der Waals surface area contributed by atoms with E-state index >= 15 is 0 Å². The number of alkyl halides is 1. The molecule has 1 aromatic carbocycles. The number of nitrogens with zero attached hydrogens (tertiary/aromatic N) is 2. The second kappa shape index (κ2) is 7.64. The molecule has 1 amide bonds. The van der Waals surface area contributed by atoms with Gasteiger partial charge < -0.3 is 9.80 Å². The third-order valence-electron chi connectivity index (χ3n) is 3.39. The Balaban J connectivity index is 2.05. The van der Waals surface area contributed by atoms with Gasteiger partial charge in [-0.25, -0.2) is 0 Å². The Hall–Kier alpha value is -0.290. The van der Waals surface area contributed by atoms with Crippen molar-refractivity contribution in [2.24, 2.45) is 0 Å². The van der Waals surface area contributed by atoms with Crippen molar-refractivity contribution in [2.75, 3.05) is 38.1 Å². The van der Waals surface area contributed by atoms with Crippen molar-refractivity contribution in [3.05, 3.63) is 33.8 Å². The van der Waals surface area contributed by atoms with E-state index < -0.39 is 0 Å². The number of benzene rings is 1. The van der Waals surface area contributed by atoms with Crippen LogP contribution in [0.15, 0.2) is 18.2 Å². The van der Waals surface area contributed by atoms with Gasteiger partial charge in [0.2, 0.25) is 0 Å². The lowest BCUT2D eigenvalue weighted by atomic mass is 10.2. The molecule has 1 saturated heterocycles.